The molecule has 4 rings (SSSR count). The van der Waals surface area contributed by atoms with Crippen LogP contribution in [0.15, 0.2) is 91.0 Å². The standard InChI is InChI=1S/C24H19NO4/c26-23(25-21(17-28-24(25)27)18-9-3-1-4-10-18)16-15-19-11-7-8-14-22(19)29-20-12-5-2-6-13-20/h1-16,21H,17H2/b16-15+. The molecule has 1 unspecified atom stereocenters. The molecule has 1 heterocycles. The van der Waals surface area contributed by atoms with Gasteiger partial charge in [0.25, 0.3) is 5.91 Å². The summed E-state index contributed by atoms with van der Waals surface area (Å²) < 4.78 is 11.0. The lowest BCUT2D eigenvalue weighted by Gasteiger charge is -2.18. The summed E-state index contributed by atoms with van der Waals surface area (Å²) in [6, 6.07) is 25.7. The number of hydrogen-bond acceptors (Lipinski definition) is 4. The van der Waals surface area contributed by atoms with Gasteiger partial charge in [-0.15, -0.1) is 0 Å². The van der Waals surface area contributed by atoms with E-state index in [1.807, 2.05) is 84.9 Å². The minimum absolute atomic E-state index is 0.149. The highest BCUT2D eigenvalue weighted by atomic mass is 16.6. The Kier molecular flexibility index (Phi) is 5.38. The van der Waals surface area contributed by atoms with Crippen LogP contribution < -0.4 is 4.74 Å². The predicted molar refractivity (Wildman–Crippen MR) is 109 cm³/mol. The summed E-state index contributed by atoms with van der Waals surface area (Å²) in [6.07, 6.45) is 2.38. The van der Waals surface area contributed by atoms with Gasteiger partial charge in [0.15, 0.2) is 0 Å². The zero-order chi connectivity index (χ0) is 20.1. The zero-order valence-corrected chi connectivity index (χ0v) is 15.6. The maximum atomic E-state index is 12.8. The lowest BCUT2D eigenvalue weighted by Crippen LogP contribution is -2.32. The van der Waals surface area contributed by atoms with Gasteiger partial charge in [0, 0.05) is 11.6 Å². The minimum Gasteiger partial charge on any atom is -0.457 e. The first-order valence-corrected chi connectivity index (χ1v) is 9.27. The van der Waals surface area contributed by atoms with E-state index < -0.39 is 18.0 Å². The Morgan fingerprint density at radius 2 is 1.59 bits per heavy atom. The van der Waals surface area contributed by atoms with Crippen LogP contribution >= 0.6 is 0 Å². The number of carbonyl (C=O) groups excluding carboxylic acids is 2. The van der Waals surface area contributed by atoms with Crippen molar-refractivity contribution in [1.82, 2.24) is 4.90 Å². The fourth-order valence-electron chi connectivity index (χ4n) is 3.15. The first-order chi connectivity index (χ1) is 14.2. The summed E-state index contributed by atoms with van der Waals surface area (Å²) in [7, 11) is 0. The van der Waals surface area contributed by atoms with Crippen LogP contribution in [0.4, 0.5) is 4.79 Å². The number of hydrogen-bond donors (Lipinski definition) is 0. The monoisotopic (exact) mass is 385 g/mol. The smallest absolute Gasteiger partial charge is 0.417 e. The number of carbonyl (C=O) groups is 2. The second-order valence-electron chi connectivity index (χ2n) is 6.50. The average molecular weight is 385 g/mol. The van der Waals surface area contributed by atoms with E-state index in [1.54, 1.807) is 6.08 Å². The maximum Gasteiger partial charge on any atom is 0.417 e. The van der Waals surface area contributed by atoms with Crippen molar-refractivity contribution < 1.29 is 19.1 Å². The molecule has 1 atom stereocenters. The van der Waals surface area contributed by atoms with Crippen LogP contribution in [0, 0.1) is 0 Å². The van der Waals surface area contributed by atoms with E-state index in [9.17, 15) is 9.59 Å². The molecule has 0 bridgehead atoms. The van der Waals surface area contributed by atoms with Crippen molar-refractivity contribution in [1.29, 1.82) is 0 Å². The molecule has 0 N–H and O–H groups in total. The van der Waals surface area contributed by atoms with Crippen LogP contribution in [0.3, 0.4) is 0 Å². The Morgan fingerprint density at radius 1 is 0.931 bits per heavy atom. The van der Waals surface area contributed by atoms with E-state index in [0.717, 1.165) is 16.0 Å². The summed E-state index contributed by atoms with van der Waals surface area (Å²) in [5, 5.41) is 0. The van der Waals surface area contributed by atoms with Crippen LogP contribution in [0.2, 0.25) is 0 Å². The highest BCUT2D eigenvalue weighted by molar-refractivity contribution is 6.02. The van der Waals surface area contributed by atoms with Gasteiger partial charge in [-0.1, -0.05) is 66.7 Å². The Balaban J connectivity index is 1.54. The molecule has 0 aliphatic carbocycles. The topological polar surface area (TPSA) is 55.8 Å². The van der Waals surface area contributed by atoms with Crippen molar-refractivity contribution in [3.63, 3.8) is 0 Å². The van der Waals surface area contributed by atoms with E-state index in [2.05, 4.69) is 0 Å². The molecule has 144 valence electrons. The first-order valence-electron chi connectivity index (χ1n) is 9.27. The van der Waals surface area contributed by atoms with Gasteiger partial charge in [-0.2, -0.15) is 0 Å². The molecule has 0 saturated carbocycles. The van der Waals surface area contributed by atoms with Gasteiger partial charge in [-0.25, -0.2) is 9.69 Å². The van der Waals surface area contributed by atoms with Crippen molar-refractivity contribution in [2.75, 3.05) is 6.61 Å². The Hall–Kier alpha value is -3.86. The number of benzene rings is 3. The molecular formula is C24H19NO4. The van der Waals surface area contributed by atoms with Gasteiger partial charge >= 0.3 is 6.09 Å². The van der Waals surface area contributed by atoms with E-state index in [0.29, 0.717) is 11.5 Å². The fraction of sp³-hybridized carbons (Fsp3) is 0.0833. The number of rotatable bonds is 5. The van der Waals surface area contributed by atoms with Crippen LogP contribution in [0.1, 0.15) is 17.2 Å². The SMILES string of the molecule is O=C(/C=C/c1ccccc1Oc1ccccc1)N1C(=O)OCC1c1ccccc1. The van der Waals surface area contributed by atoms with Gasteiger partial charge < -0.3 is 9.47 Å². The molecule has 0 spiro atoms. The molecule has 0 aromatic heterocycles. The molecule has 5 heteroatoms. The lowest BCUT2D eigenvalue weighted by molar-refractivity contribution is -0.124. The second-order valence-corrected chi connectivity index (χ2v) is 6.50. The summed E-state index contributed by atoms with van der Waals surface area (Å²) in [5.41, 5.74) is 1.58. The third-order valence-electron chi connectivity index (χ3n) is 4.59. The molecule has 1 aliphatic heterocycles. The Bertz CT molecular complexity index is 1030. The molecule has 1 aliphatic rings. The molecule has 29 heavy (non-hydrogen) atoms. The molecule has 0 radical (unpaired) electrons. The van der Waals surface area contributed by atoms with Crippen molar-refractivity contribution in [3.8, 4) is 11.5 Å². The fourth-order valence-corrected chi connectivity index (χ4v) is 3.15. The van der Waals surface area contributed by atoms with Gasteiger partial charge in [0.1, 0.15) is 24.1 Å². The number of nitrogens with zero attached hydrogens (tertiary/aromatic N) is 1. The largest absolute Gasteiger partial charge is 0.457 e. The molecule has 3 aromatic carbocycles. The molecule has 3 aromatic rings. The average Bonchev–Trinajstić information content (AvgIpc) is 3.16. The van der Waals surface area contributed by atoms with Crippen molar-refractivity contribution >= 4 is 18.1 Å². The van der Waals surface area contributed by atoms with E-state index in [1.165, 1.54) is 6.08 Å². The van der Waals surface area contributed by atoms with Gasteiger partial charge in [0.05, 0.1) is 0 Å². The highest BCUT2D eigenvalue weighted by Gasteiger charge is 2.37. The van der Waals surface area contributed by atoms with Crippen LogP contribution in [-0.4, -0.2) is 23.5 Å². The third-order valence-corrected chi connectivity index (χ3v) is 4.59. The van der Waals surface area contributed by atoms with Gasteiger partial charge in [-0.05, 0) is 29.8 Å². The quantitative estimate of drug-likeness (QED) is 0.566. The predicted octanol–water partition coefficient (Wildman–Crippen LogP) is 5.21. The highest BCUT2D eigenvalue weighted by Crippen LogP contribution is 2.29. The number of para-hydroxylation sites is 2. The Morgan fingerprint density at radius 3 is 2.34 bits per heavy atom. The normalized spacial score (nSPS) is 16.1. The maximum absolute atomic E-state index is 12.8. The number of ether oxygens (including phenoxy) is 2. The van der Waals surface area contributed by atoms with Gasteiger partial charge in [0.2, 0.25) is 0 Å². The summed E-state index contributed by atoms with van der Waals surface area (Å²) >= 11 is 0. The van der Waals surface area contributed by atoms with Crippen molar-refractivity contribution in [3.05, 3.63) is 102 Å². The van der Waals surface area contributed by atoms with Crippen molar-refractivity contribution in [2.24, 2.45) is 0 Å². The zero-order valence-electron chi connectivity index (χ0n) is 15.6. The number of imide groups is 1. The molecule has 5 nitrogen and oxygen atoms in total. The number of cyclic esters (lactones) is 1. The van der Waals surface area contributed by atoms with Crippen molar-refractivity contribution in [2.45, 2.75) is 6.04 Å². The molecule has 1 fully saturated rings. The summed E-state index contributed by atoms with van der Waals surface area (Å²) in [6.45, 7) is 0.149. The second kappa shape index (κ2) is 8.44. The van der Waals surface area contributed by atoms with Crippen LogP contribution in [0.5, 0.6) is 11.5 Å². The first kappa shape index (κ1) is 18.5. The summed E-state index contributed by atoms with van der Waals surface area (Å²) in [4.78, 5) is 26.1. The van der Waals surface area contributed by atoms with Crippen LogP contribution in [0.25, 0.3) is 6.08 Å². The summed E-state index contributed by atoms with van der Waals surface area (Å²) in [5.74, 6) is 0.883. The minimum atomic E-state index is -0.637. The van der Waals surface area contributed by atoms with Crippen LogP contribution in [-0.2, 0) is 9.53 Å². The number of amides is 2. The van der Waals surface area contributed by atoms with E-state index >= 15 is 0 Å². The Labute approximate surface area is 168 Å². The lowest BCUT2D eigenvalue weighted by atomic mass is 10.1. The van der Waals surface area contributed by atoms with Gasteiger partial charge in [-0.3, -0.25) is 4.79 Å². The molecule has 1 saturated heterocycles. The third kappa shape index (κ3) is 4.19. The van der Waals surface area contributed by atoms with E-state index in [4.69, 9.17) is 9.47 Å². The molecule has 2 amide bonds. The van der Waals surface area contributed by atoms with E-state index in [-0.39, 0.29) is 6.61 Å². The molecular weight excluding hydrogens is 366 g/mol.